The monoisotopic (exact) mass is 319 g/mol. The fraction of sp³-hybridized carbons (Fsp3) is 0.438. The third-order valence-corrected chi connectivity index (χ3v) is 4.04. The number of amides is 1. The van der Waals surface area contributed by atoms with Crippen molar-refractivity contribution in [3.63, 3.8) is 0 Å². The normalized spacial score (nSPS) is 18.3. The quantitative estimate of drug-likeness (QED) is 0.852. The molecular formula is C16H18FN3O3. The molecule has 2 heterocycles. The Morgan fingerprint density at radius 3 is 3.09 bits per heavy atom. The van der Waals surface area contributed by atoms with Crippen LogP contribution < -0.4 is 5.56 Å². The van der Waals surface area contributed by atoms with Crippen LogP contribution in [0.25, 0.3) is 10.9 Å². The lowest BCUT2D eigenvalue weighted by molar-refractivity contribution is -0.139. The predicted octanol–water partition coefficient (Wildman–Crippen LogP) is 1.17. The molecule has 1 aromatic heterocycles. The second kappa shape index (κ2) is 6.45. The second-order valence-electron chi connectivity index (χ2n) is 5.58. The van der Waals surface area contributed by atoms with Crippen LogP contribution in [0, 0.1) is 5.82 Å². The van der Waals surface area contributed by atoms with Crippen LogP contribution in [0.5, 0.6) is 0 Å². The van der Waals surface area contributed by atoms with Crippen LogP contribution in [-0.2, 0) is 16.1 Å². The molecule has 1 amide bonds. The first-order valence-corrected chi connectivity index (χ1v) is 7.62. The van der Waals surface area contributed by atoms with E-state index in [4.69, 9.17) is 4.74 Å². The zero-order valence-corrected chi connectivity index (χ0v) is 12.9. The van der Waals surface area contributed by atoms with Crippen molar-refractivity contribution >= 4 is 16.8 Å². The summed E-state index contributed by atoms with van der Waals surface area (Å²) >= 11 is 0. The number of fused-ring (bicyclic) bond motifs is 1. The van der Waals surface area contributed by atoms with E-state index in [0.717, 1.165) is 12.5 Å². The van der Waals surface area contributed by atoms with Crippen molar-refractivity contribution in [3.05, 3.63) is 40.7 Å². The van der Waals surface area contributed by atoms with Gasteiger partial charge in [-0.2, -0.15) is 0 Å². The molecule has 2 aromatic rings. The van der Waals surface area contributed by atoms with E-state index in [9.17, 15) is 14.0 Å². The number of carbonyl (C=O) groups excluding carboxylic acids is 1. The summed E-state index contributed by atoms with van der Waals surface area (Å²) in [6.45, 7) is 3.44. The smallest absolute Gasteiger partial charge is 0.261 e. The first-order valence-electron chi connectivity index (χ1n) is 7.62. The Labute approximate surface area is 132 Å². The first kappa shape index (κ1) is 15.6. The highest BCUT2D eigenvalue weighted by Gasteiger charge is 2.23. The van der Waals surface area contributed by atoms with Crippen LogP contribution in [0.2, 0.25) is 0 Å². The topological polar surface area (TPSA) is 64.4 Å². The molecule has 0 aliphatic carbocycles. The number of nitrogens with zero attached hydrogens (tertiary/aromatic N) is 3. The van der Waals surface area contributed by atoms with E-state index >= 15 is 0 Å². The highest BCUT2D eigenvalue weighted by Crippen LogP contribution is 2.10. The lowest BCUT2D eigenvalue weighted by atomic mass is 10.2. The molecule has 7 heteroatoms. The van der Waals surface area contributed by atoms with Gasteiger partial charge in [0.2, 0.25) is 5.91 Å². The van der Waals surface area contributed by atoms with Gasteiger partial charge in [0.1, 0.15) is 12.4 Å². The SMILES string of the molecule is CC[C@H]1CN(C(=O)Cn2cnc3ccc(F)cc3c2=O)CCO1. The fourth-order valence-corrected chi connectivity index (χ4v) is 2.68. The van der Waals surface area contributed by atoms with Gasteiger partial charge >= 0.3 is 0 Å². The largest absolute Gasteiger partial charge is 0.375 e. The van der Waals surface area contributed by atoms with E-state index < -0.39 is 11.4 Å². The van der Waals surface area contributed by atoms with Crippen LogP contribution in [0.15, 0.2) is 29.3 Å². The molecule has 3 rings (SSSR count). The Kier molecular flexibility index (Phi) is 4.38. The summed E-state index contributed by atoms with van der Waals surface area (Å²) in [6.07, 6.45) is 2.20. The Bertz CT molecular complexity index is 790. The van der Waals surface area contributed by atoms with Crippen LogP contribution in [-0.4, -0.2) is 46.2 Å². The van der Waals surface area contributed by atoms with Gasteiger partial charge in [0.05, 0.1) is 29.9 Å². The molecule has 6 nitrogen and oxygen atoms in total. The number of aromatic nitrogens is 2. The van der Waals surface area contributed by atoms with Gasteiger partial charge in [-0.05, 0) is 24.6 Å². The fourth-order valence-electron chi connectivity index (χ4n) is 2.68. The summed E-state index contributed by atoms with van der Waals surface area (Å²) in [5.41, 5.74) is 0.000620. The van der Waals surface area contributed by atoms with E-state index in [2.05, 4.69) is 4.98 Å². The minimum atomic E-state index is -0.501. The van der Waals surface area contributed by atoms with Gasteiger partial charge in [-0.25, -0.2) is 9.37 Å². The third-order valence-electron chi connectivity index (χ3n) is 4.04. The zero-order chi connectivity index (χ0) is 16.4. The van der Waals surface area contributed by atoms with Gasteiger partial charge in [0, 0.05) is 13.1 Å². The first-order chi connectivity index (χ1) is 11.1. The number of benzene rings is 1. The average molecular weight is 319 g/mol. The number of hydrogen-bond acceptors (Lipinski definition) is 4. The van der Waals surface area contributed by atoms with Gasteiger partial charge in [-0.3, -0.25) is 14.2 Å². The summed E-state index contributed by atoms with van der Waals surface area (Å²) in [5, 5.41) is 0.175. The Balaban J connectivity index is 1.82. The summed E-state index contributed by atoms with van der Waals surface area (Å²) in [7, 11) is 0. The number of hydrogen-bond donors (Lipinski definition) is 0. The van der Waals surface area contributed by atoms with E-state index in [0.29, 0.717) is 25.2 Å². The lowest BCUT2D eigenvalue weighted by Crippen LogP contribution is -2.47. The van der Waals surface area contributed by atoms with E-state index in [-0.39, 0.29) is 23.9 Å². The molecule has 1 atom stereocenters. The van der Waals surface area contributed by atoms with Crippen molar-refractivity contribution in [1.29, 1.82) is 0 Å². The van der Waals surface area contributed by atoms with Crippen LogP contribution in [0.4, 0.5) is 4.39 Å². The molecule has 1 saturated heterocycles. The summed E-state index contributed by atoms with van der Waals surface area (Å²) in [4.78, 5) is 30.6. The van der Waals surface area contributed by atoms with Gasteiger partial charge in [-0.15, -0.1) is 0 Å². The highest BCUT2D eigenvalue weighted by atomic mass is 19.1. The summed E-state index contributed by atoms with van der Waals surface area (Å²) < 4.78 is 20.1. The summed E-state index contributed by atoms with van der Waals surface area (Å²) in [6, 6.07) is 3.85. The number of halogens is 1. The molecule has 0 spiro atoms. The van der Waals surface area contributed by atoms with Crippen molar-refractivity contribution in [1.82, 2.24) is 14.5 Å². The molecule has 0 unspecified atom stereocenters. The molecule has 23 heavy (non-hydrogen) atoms. The minimum absolute atomic E-state index is 0.0354. The number of ether oxygens (including phenoxy) is 1. The molecule has 1 fully saturated rings. The Hall–Kier alpha value is -2.28. The molecule has 122 valence electrons. The Morgan fingerprint density at radius 2 is 2.30 bits per heavy atom. The maximum absolute atomic E-state index is 13.3. The molecule has 1 aliphatic rings. The maximum Gasteiger partial charge on any atom is 0.261 e. The number of morpholine rings is 1. The molecule has 0 bridgehead atoms. The van der Waals surface area contributed by atoms with E-state index in [1.807, 2.05) is 6.92 Å². The molecule has 0 radical (unpaired) electrons. The lowest BCUT2D eigenvalue weighted by Gasteiger charge is -2.32. The zero-order valence-electron chi connectivity index (χ0n) is 12.9. The van der Waals surface area contributed by atoms with Gasteiger partial charge in [-0.1, -0.05) is 6.92 Å². The van der Waals surface area contributed by atoms with Crippen LogP contribution in [0.1, 0.15) is 13.3 Å². The Morgan fingerprint density at radius 1 is 1.48 bits per heavy atom. The van der Waals surface area contributed by atoms with E-state index in [1.54, 1.807) is 4.90 Å². The highest BCUT2D eigenvalue weighted by molar-refractivity contribution is 5.79. The molecule has 0 saturated carbocycles. The summed E-state index contributed by atoms with van der Waals surface area (Å²) in [5.74, 6) is -0.661. The van der Waals surface area contributed by atoms with Gasteiger partial charge < -0.3 is 9.64 Å². The standard InChI is InChI=1S/C16H18FN3O3/c1-2-12-8-19(5-6-23-12)15(21)9-20-10-18-14-4-3-11(17)7-13(14)16(20)22/h3-4,7,10,12H,2,5-6,8-9H2,1H3/t12-/m0/s1. The van der Waals surface area contributed by atoms with Crippen molar-refractivity contribution in [3.8, 4) is 0 Å². The van der Waals surface area contributed by atoms with Gasteiger partial charge in [0.15, 0.2) is 0 Å². The van der Waals surface area contributed by atoms with E-state index in [1.165, 1.54) is 23.0 Å². The van der Waals surface area contributed by atoms with Crippen molar-refractivity contribution in [2.24, 2.45) is 0 Å². The molecule has 0 N–H and O–H groups in total. The second-order valence-corrected chi connectivity index (χ2v) is 5.58. The molecule has 1 aromatic carbocycles. The maximum atomic E-state index is 13.3. The van der Waals surface area contributed by atoms with Crippen molar-refractivity contribution in [2.75, 3.05) is 19.7 Å². The predicted molar refractivity (Wildman–Crippen MR) is 82.6 cm³/mol. The van der Waals surface area contributed by atoms with Crippen LogP contribution >= 0.6 is 0 Å². The number of carbonyl (C=O) groups is 1. The van der Waals surface area contributed by atoms with Crippen molar-refractivity contribution < 1.29 is 13.9 Å². The average Bonchev–Trinajstić information content (AvgIpc) is 2.58. The minimum Gasteiger partial charge on any atom is -0.375 e. The molecular weight excluding hydrogens is 301 g/mol. The van der Waals surface area contributed by atoms with Crippen LogP contribution in [0.3, 0.4) is 0 Å². The van der Waals surface area contributed by atoms with Crippen molar-refractivity contribution in [2.45, 2.75) is 26.0 Å². The number of rotatable bonds is 3. The van der Waals surface area contributed by atoms with Gasteiger partial charge in [0.25, 0.3) is 5.56 Å². The molecule has 1 aliphatic heterocycles. The third kappa shape index (κ3) is 3.24.